The van der Waals surface area contributed by atoms with E-state index in [-0.39, 0.29) is 5.91 Å². The number of aromatic nitrogens is 2. The number of halogens is 1. The molecule has 0 aromatic carbocycles. The Morgan fingerprint density at radius 3 is 2.32 bits per heavy atom. The van der Waals surface area contributed by atoms with Gasteiger partial charge in [0.05, 0.1) is 9.21 Å². The summed E-state index contributed by atoms with van der Waals surface area (Å²) < 4.78 is 0.645. The molecule has 2 aromatic heterocycles. The average Bonchev–Trinajstić information content (AvgIpc) is 3.14. The van der Waals surface area contributed by atoms with Crippen LogP contribution in [0.1, 0.15) is 15.4 Å². The predicted octanol–water partition coefficient (Wildman–Crippen LogP) is 2.21. The summed E-state index contributed by atoms with van der Waals surface area (Å²) in [5, 5.41) is 0. The lowest BCUT2D eigenvalue weighted by atomic mass is 10.3. The maximum Gasteiger partial charge on any atom is 0.264 e. The third kappa shape index (κ3) is 4.24. The highest BCUT2D eigenvalue weighted by Crippen LogP contribution is 2.24. The van der Waals surface area contributed by atoms with Crippen molar-refractivity contribution in [2.24, 2.45) is 0 Å². The van der Waals surface area contributed by atoms with Gasteiger partial charge in [0.15, 0.2) is 0 Å². The van der Waals surface area contributed by atoms with Crippen molar-refractivity contribution in [3.63, 3.8) is 0 Å². The van der Waals surface area contributed by atoms with Crippen LogP contribution in [0.15, 0.2) is 18.2 Å². The summed E-state index contributed by atoms with van der Waals surface area (Å²) in [7, 11) is 2.15. The topological polar surface area (TPSA) is 55.8 Å². The van der Waals surface area contributed by atoms with Crippen molar-refractivity contribution in [3.05, 3.63) is 33.1 Å². The lowest BCUT2D eigenvalue weighted by Gasteiger charge is -2.36. The number of piperazine rings is 2. The number of rotatable bonds is 3. The predicted molar refractivity (Wildman–Crippen MR) is 114 cm³/mol. The van der Waals surface area contributed by atoms with E-state index in [1.54, 1.807) is 12.1 Å². The lowest BCUT2D eigenvalue weighted by Crippen LogP contribution is -2.49. The molecule has 0 aliphatic carbocycles. The molecule has 2 aliphatic heterocycles. The van der Waals surface area contributed by atoms with Crippen LogP contribution in [0.5, 0.6) is 0 Å². The Balaban J connectivity index is 1.42. The van der Waals surface area contributed by atoms with Crippen LogP contribution in [0, 0.1) is 6.92 Å². The number of nitrogens with zero attached hydrogens (tertiary/aromatic N) is 6. The number of hydrogen-bond donors (Lipinski definition) is 0. The molecular formula is C19H25ClN6OS. The number of hydrogen-bond acceptors (Lipinski definition) is 7. The van der Waals surface area contributed by atoms with Crippen molar-refractivity contribution < 1.29 is 4.79 Å². The van der Waals surface area contributed by atoms with E-state index in [2.05, 4.69) is 32.8 Å². The number of amides is 1. The molecule has 2 aromatic rings. The summed E-state index contributed by atoms with van der Waals surface area (Å²) in [6.07, 6.45) is 0. The number of aryl methyl sites for hydroxylation is 1. The zero-order valence-corrected chi connectivity index (χ0v) is 17.8. The molecule has 28 heavy (non-hydrogen) atoms. The lowest BCUT2D eigenvalue weighted by molar-refractivity contribution is 0.0751. The minimum Gasteiger partial charge on any atom is -0.354 e. The summed E-state index contributed by atoms with van der Waals surface area (Å²) in [5.74, 6) is 1.82. The number of likely N-dealkylation sites (N-methyl/N-ethyl adjacent to an activating group) is 1. The molecule has 1 amide bonds. The van der Waals surface area contributed by atoms with Crippen molar-refractivity contribution >= 4 is 40.6 Å². The Bertz CT molecular complexity index is 843. The smallest absolute Gasteiger partial charge is 0.264 e. The van der Waals surface area contributed by atoms with E-state index in [9.17, 15) is 4.79 Å². The van der Waals surface area contributed by atoms with E-state index in [1.165, 1.54) is 11.3 Å². The maximum atomic E-state index is 12.6. The first-order chi connectivity index (χ1) is 13.5. The number of carbonyl (C=O) groups is 1. The van der Waals surface area contributed by atoms with Crippen LogP contribution in [0.25, 0.3) is 0 Å². The molecule has 0 N–H and O–H groups in total. The van der Waals surface area contributed by atoms with Gasteiger partial charge in [-0.2, -0.15) is 4.98 Å². The van der Waals surface area contributed by atoms with Crippen molar-refractivity contribution in [2.75, 3.05) is 69.2 Å². The quantitative estimate of drug-likeness (QED) is 0.758. The van der Waals surface area contributed by atoms with Crippen molar-refractivity contribution in [1.29, 1.82) is 0 Å². The molecule has 0 spiro atoms. The Morgan fingerprint density at radius 1 is 1.00 bits per heavy atom. The normalized spacial score (nSPS) is 18.6. The van der Waals surface area contributed by atoms with Crippen molar-refractivity contribution in [3.8, 4) is 0 Å². The zero-order valence-electron chi connectivity index (χ0n) is 16.3. The van der Waals surface area contributed by atoms with Crippen LogP contribution in [0.2, 0.25) is 4.34 Å². The minimum atomic E-state index is 0.0554. The van der Waals surface area contributed by atoms with Crippen molar-refractivity contribution in [2.45, 2.75) is 6.92 Å². The summed E-state index contributed by atoms with van der Waals surface area (Å²) in [6.45, 7) is 8.87. The fourth-order valence-corrected chi connectivity index (χ4v) is 4.58. The van der Waals surface area contributed by atoms with Crippen LogP contribution >= 0.6 is 22.9 Å². The molecule has 2 saturated heterocycles. The molecule has 0 radical (unpaired) electrons. The third-order valence-electron chi connectivity index (χ3n) is 5.29. The molecule has 0 saturated carbocycles. The first-order valence-electron chi connectivity index (χ1n) is 9.58. The summed E-state index contributed by atoms with van der Waals surface area (Å²) >= 11 is 7.30. The second-order valence-electron chi connectivity index (χ2n) is 7.34. The Hall–Kier alpha value is -1.90. The second kappa shape index (κ2) is 8.23. The van der Waals surface area contributed by atoms with Gasteiger partial charge in [0.2, 0.25) is 5.95 Å². The van der Waals surface area contributed by atoms with Gasteiger partial charge in [-0.25, -0.2) is 4.98 Å². The molecule has 9 heteroatoms. The minimum absolute atomic E-state index is 0.0554. The summed E-state index contributed by atoms with van der Waals surface area (Å²) in [5.41, 5.74) is 0.977. The molecule has 2 fully saturated rings. The van der Waals surface area contributed by atoms with E-state index in [4.69, 9.17) is 16.6 Å². The largest absolute Gasteiger partial charge is 0.354 e. The fraction of sp³-hybridized carbons (Fsp3) is 0.526. The molecule has 0 atom stereocenters. The first-order valence-corrected chi connectivity index (χ1v) is 10.8. The summed E-state index contributed by atoms with van der Waals surface area (Å²) in [6, 6.07) is 5.64. The molecule has 7 nitrogen and oxygen atoms in total. The first kappa shape index (κ1) is 19.4. The van der Waals surface area contributed by atoms with E-state index in [0.29, 0.717) is 22.3 Å². The van der Waals surface area contributed by atoms with Gasteiger partial charge in [0, 0.05) is 64.1 Å². The third-order valence-corrected chi connectivity index (χ3v) is 6.51. The van der Waals surface area contributed by atoms with E-state index in [1.807, 2.05) is 11.8 Å². The Morgan fingerprint density at radius 2 is 1.68 bits per heavy atom. The van der Waals surface area contributed by atoms with Gasteiger partial charge in [-0.05, 0) is 26.1 Å². The van der Waals surface area contributed by atoms with Crippen LogP contribution in [0.3, 0.4) is 0 Å². The Kier molecular flexibility index (Phi) is 5.70. The maximum absolute atomic E-state index is 12.6. The van der Waals surface area contributed by atoms with Crippen LogP contribution in [-0.4, -0.2) is 85.1 Å². The van der Waals surface area contributed by atoms with Gasteiger partial charge in [0.25, 0.3) is 5.91 Å². The van der Waals surface area contributed by atoms with Gasteiger partial charge in [-0.1, -0.05) is 11.6 Å². The number of thiophene rings is 1. The highest BCUT2D eigenvalue weighted by Gasteiger charge is 2.25. The molecule has 0 unspecified atom stereocenters. The van der Waals surface area contributed by atoms with E-state index >= 15 is 0 Å². The number of carbonyl (C=O) groups excluding carboxylic acids is 1. The summed E-state index contributed by atoms with van der Waals surface area (Å²) in [4.78, 5) is 31.5. The van der Waals surface area contributed by atoms with Crippen LogP contribution in [-0.2, 0) is 0 Å². The van der Waals surface area contributed by atoms with Gasteiger partial charge in [-0.15, -0.1) is 11.3 Å². The molecule has 4 rings (SSSR count). The molecule has 2 aliphatic rings. The van der Waals surface area contributed by atoms with Crippen molar-refractivity contribution in [1.82, 2.24) is 19.8 Å². The number of anilines is 2. The molecule has 150 valence electrons. The van der Waals surface area contributed by atoms with Crippen LogP contribution < -0.4 is 9.80 Å². The van der Waals surface area contributed by atoms with Crippen LogP contribution in [0.4, 0.5) is 11.8 Å². The van der Waals surface area contributed by atoms with Gasteiger partial charge < -0.3 is 19.6 Å². The van der Waals surface area contributed by atoms with Gasteiger partial charge >= 0.3 is 0 Å². The van der Waals surface area contributed by atoms with Gasteiger partial charge in [-0.3, -0.25) is 4.79 Å². The second-order valence-corrected chi connectivity index (χ2v) is 9.06. The highest BCUT2D eigenvalue weighted by molar-refractivity contribution is 7.17. The molecule has 4 heterocycles. The van der Waals surface area contributed by atoms with Gasteiger partial charge in [0.1, 0.15) is 5.82 Å². The van der Waals surface area contributed by atoms with E-state index < -0.39 is 0 Å². The fourth-order valence-electron chi connectivity index (χ4n) is 3.57. The Labute approximate surface area is 174 Å². The zero-order chi connectivity index (χ0) is 19.7. The highest BCUT2D eigenvalue weighted by atomic mass is 35.5. The average molecular weight is 421 g/mol. The molecular weight excluding hydrogens is 396 g/mol. The van der Waals surface area contributed by atoms with E-state index in [0.717, 1.165) is 56.7 Å². The monoisotopic (exact) mass is 420 g/mol. The molecule has 0 bridgehead atoms. The SMILES string of the molecule is Cc1cc(N2CCN(C)CC2)nc(N2CCN(C(=O)c3ccc(Cl)s3)CC2)n1. The standard InChI is InChI=1S/C19H25ClN6OS/c1-14-13-17(24-7-5-23(2)6-8-24)22-19(21-14)26-11-9-25(10-12-26)18(27)15-3-4-16(20)28-15/h3-4,13H,5-12H2,1-2H3.